The van der Waals surface area contributed by atoms with Gasteiger partial charge >= 0.3 is 0 Å². The van der Waals surface area contributed by atoms with Gasteiger partial charge in [0, 0.05) is 13.1 Å². The molecule has 0 radical (unpaired) electrons. The molecule has 1 saturated heterocycles. The van der Waals surface area contributed by atoms with E-state index in [1.54, 1.807) is 0 Å². The van der Waals surface area contributed by atoms with Gasteiger partial charge in [-0.2, -0.15) is 0 Å². The molecule has 1 rings (SSSR count). The van der Waals surface area contributed by atoms with Gasteiger partial charge in [-0.15, -0.1) is 0 Å². The highest BCUT2D eigenvalue weighted by molar-refractivity contribution is 4.66. The predicted octanol–water partition coefficient (Wildman–Crippen LogP) is 1.49. The fourth-order valence-electron chi connectivity index (χ4n) is 1.97. The molecule has 72 valence electrons. The Morgan fingerprint density at radius 2 is 2.17 bits per heavy atom. The molecule has 1 aliphatic heterocycles. The van der Waals surface area contributed by atoms with Crippen LogP contribution in [0, 0.1) is 5.92 Å². The first-order valence-electron chi connectivity index (χ1n) is 5.16. The van der Waals surface area contributed by atoms with Crippen LogP contribution in [-0.2, 0) is 0 Å². The molecule has 1 atom stereocenters. The Kier molecular flexibility index (Phi) is 4.62. The summed E-state index contributed by atoms with van der Waals surface area (Å²) in [4.78, 5) is 2.39. The second-order valence-electron chi connectivity index (χ2n) is 3.98. The molecule has 1 heterocycles. The van der Waals surface area contributed by atoms with Gasteiger partial charge < -0.3 is 10.0 Å². The highest BCUT2D eigenvalue weighted by Crippen LogP contribution is 2.15. The lowest BCUT2D eigenvalue weighted by atomic mass is 10.00. The zero-order chi connectivity index (χ0) is 8.81. The minimum absolute atomic E-state index is 0.312. The third kappa shape index (κ3) is 3.55. The van der Waals surface area contributed by atoms with E-state index in [2.05, 4.69) is 11.8 Å². The lowest BCUT2D eigenvalue weighted by Gasteiger charge is -2.27. The van der Waals surface area contributed by atoms with Gasteiger partial charge in [0.25, 0.3) is 0 Å². The van der Waals surface area contributed by atoms with Crippen molar-refractivity contribution in [1.82, 2.24) is 4.90 Å². The van der Waals surface area contributed by atoms with Gasteiger partial charge in [-0.1, -0.05) is 19.8 Å². The molecule has 0 unspecified atom stereocenters. The van der Waals surface area contributed by atoms with Crippen LogP contribution < -0.4 is 0 Å². The molecule has 0 saturated carbocycles. The number of hydrogen-bond donors (Lipinski definition) is 1. The molecule has 0 bridgehead atoms. The SMILES string of the molecule is C[C@@H]1CCCCCN(CCO)C1. The summed E-state index contributed by atoms with van der Waals surface area (Å²) in [5, 5.41) is 8.83. The topological polar surface area (TPSA) is 23.5 Å². The summed E-state index contributed by atoms with van der Waals surface area (Å²) in [5.41, 5.74) is 0. The smallest absolute Gasteiger partial charge is 0.0558 e. The maximum absolute atomic E-state index is 8.83. The van der Waals surface area contributed by atoms with Crippen molar-refractivity contribution >= 4 is 0 Å². The van der Waals surface area contributed by atoms with Crippen LogP contribution in [0.5, 0.6) is 0 Å². The van der Waals surface area contributed by atoms with E-state index >= 15 is 0 Å². The van der Waals surface area contributed by atoms with Crippen LogP contribution in [0.1, 0.15) is 32.6 Å². The fourth-order valence-corrected chi connectivity index (χ4v) is 1.97. The Morgan fingerprint density at radius 1 is 1.33 bits per heavy atom. The molecular formula is C10H21NO. The molecule has 0 aliphatic carbocycles. The van der Waals surface area contributed by atoms with Crippen molar-refractivity contribution in [3.05, 3.63) is 0 Å². The van der Waals surface area contributed by atoms with E-state index in [1.807, 2.05) is 0 Å². The molecule has 0 aromatic heterocycles. The Bertz CT molecular complexity index is 116. The van der Waals surface area contributed by atoms with E-state index in [0.29, 0.717) is 6.61 Å². The molecule has 0 spiro atoms. The molecule has 0 aromatic carbocycles. The molecule has 0 aromatic rings. The first-order chi connectivity index (χ1) is 5.83. The molecule has 1 N–H and O–H groups in total. The first-order valence-corrected chi connectivity index (χ1v) is 5.16. The molecule has 0 amide bonds. The average Bonchev–Trinajstić information content (AvgIpc) is 2.00. The van der Waals surface area contributed by atoms with Gasteiger partial charge in [0.15, 0.2) is 0 Å². The normalized spacial score (nSPS) is 28.0. The van der Waals surface area contributed by atoms with Crippen LogP contribution in [0.4, 0.5) is 0 Å². The first kappa shape index (κ1) is 10.0. The maximum Gasteiger partial charge on any atom is 0.0558 e. The zero-order valence-corrected chi connectivity index (χ0v) is 8.13. The van der Waals surface area contributed by atoms with Crippen molar-refractivity contribution in [2.45, 2.75) is 32.6 Å². The summed E-state index contributed by atoms with van der Waals surface area (Å²) in [6.07, 6.45) is 5.44. The number of nitrogens with zero attached hydrogens (tertiary/aromatic N) is 1. The van der Waals surface area contributed by atoms with Crippen LogP contribution in [0.25, 0.3) is 0 Å². The summed E-state index contributed by atoms with van der Waals surface area (Å²) in [6, 6.07) is 0. The second kappa shape index (κ2) is 5.55. The Hall–Kier alpha value is -0.0800. The van der Waals surface area contributed by atoms with Crippen LogP contribution in [0.3, 0.4) is 0 Å². The Labute approximate surface area is 75.6 Å². The fraction of sp³-hybridized carbons (Fsp3) is 1.00. The van der Waals surface area contributed by atoms with E-state index in [-0.39, 0.29) is 0 Å². The lowest BCUT2D eigenvalue weighted by Crippen LogP contribution is -2.33. The summed E-state index contributed by atoms with van der Waals surface area (Å²) in [7, 11) is 0. The zero-order valence-electron chi connectivity index (χ0n) is 8.13. The summed E-state index contributed by atoms with van der Waals surface area (Å²) in [6.45, 7) is 5.86. The van der Waals surface area contributed by atoms with Crippen molar-refractivity contribution in [3.63, 3.8) is 0 Å². The van der Waals surface area contributed by atoms with E-state index < -0.39 is 0 Å². The van der Waals surface area contributed by atoms with E-state index in [0.717, 1.165) is 12.5 Å². The summed E-state index contributed by atoms with van der Waals surface area (Å²) < 4.78 is 0. The largest absolute Gasteiger partial charge is 0.395 e. The molecule has 1 aliphatic rings. The Morgan fingerprint density at radius 3 is 2.92 bits per heavy atom. The van der Waals surface area contributed by atoms with Crippen molar-refractivity contribution in [2.24, 2.45) is 5.92 Å². The second-order valence-corrected chi connectivity index (χ2v) is 3.98. The molecule has 2 heteroatoms. The lowest BCUT2D eigenvalue weighted by molar-refractivity contribution is 0.164. The quantitative estimate of drug-likeness (QED) is 0.680. The van der Waals surface area contributed by atoms with Crippen molar-refractivity contribution in [2.75, 3.05) is 26.2 Å². The summed E-state index contributed by atoms with van der Waals surface area (Å²) in [5.74, 6) is 0.817. The van der Waals surface area contributed by atoms with E-state index in [9.17, 15) is 0 Å². The van der Waals surface area contributed by atoms with Gasteiger partial charge in [-0.25, -0.2) is 0 Å². The minimum atomic E-state index is 0.312. The number of likely N-dealkylation sites (tertiary alicyclic amines) is 1. The molecule has 2 nitrogen and oxygen atoms in total. The number of aliphatic hydroxyl groups excluding tert-OH is 1. The van der Waals surface area contributed by atoms with Crippen LogP contribution in [-0.4, -0.2) is 36.2 Å². The monoisotopic (exact) mass is 171 g/mol. The Balaban J connectivity index is 2.27. The van der Waals surface area contributed by atoms with Gasteiger partial charge in [0.2, 0.25) is 0 Å². The van der Waals surface area contributed by atoms with Crippen LogP contribution in [0.2, 0.25) is 0 Å². The third-order valence-electron chi connectivity index (χ3n) is 2.66. The predicted molar refractivity (Wildman–Crippen MR) is 51.2 cm³/mol. The number of hydrogen-bond acceptors (Lipinski definition) is 2. The van der Waals surface area contributed by atoms with E-state index in [1.165, 1.54) is 38.8 Å². The standard InChI is InChI=1S/C10H21NO/c1-10-5-3-2-4-6-11(9-10)7-8-12/h10,12H,2-9H2,1H3/t10-/m1/s1. The highest BCUT2D eigenvalue weighted by Gasteiger charge is 2.12. The average molecular weight is 171 g/mol. The van der Waals surface area contributed by atoms with Crippen molar-refractivity contribution < 1.29 is 5.11 Å². The minimum Gasteiger partial charge on any atom is -0.395 e. The van der Waals surface area contributed by atoms with Gasteiger partial charge in [0.05, 0.1) is 6.61 Å². The molecular weight excluding hydrogens is 150 g/mol. The third-order valence-corrected chi connectivity index (χ3v) is 2.66. The van der Waals surface area contributed by atoms with Crippen molar-refractivity contribution in [3.8, 4) is 0 Å². The van der Waals surface area contributed by atoms with E-state index in [4.69, 9.17) is 5.11 Å². The number of rotatable bonds is 2. The van der Waals surface area contributed by atoms with Gasteiger partial charge in [0.1, 0.15) is 0 Å². The summed E-state index contributed by atoms with van der Waals surface area (Å²) >= 11 is 0. The van der Waals surface area contributed by atoms with Gasteiger partial charge in [-0.05, 0) is 25.3 Å². The van der Waals surface area contributed by atoms with Crippen LogP contribution >= 0.6 is 0 Å². The van der Waals surface area contributed by atoms with Crippen molar-refractivity contribution in [1.29, 1.82) is 0 Å². The van der Waals surface area contributed by atoms with Gasteiger partial charge in [-0.3, -0.25) is 0 Å². The number of aliphatic hydroxyl groups is 1. The molecule has 12 heavy (non-hydrogen) atoms. The maximum atomic E-state index is 8.83. The number of β-amino-alcohol motifs (C(OH)–C–C–N with tert-alkyl or cyclic N) is 1. The molecule has 1 fully saturated rings. The van der Waals surface area contributed by atoms with Crippen LogP contribution in [0.15, 0.2) is 0 Å². The highest BCUT2D eigenvalue weighted by atomic mass is 16.3.